The summed E-state index contributed by atoms with van der Waals surface area (Å²) in [6.45, 7) is 0.134. The minimum Gasteiger partial charge on any atom is -0.497 e. The van der Waals surface area contributed by atoms with Crippen molar-refractivity contribution in [2.75, 3.05) is 25.5 Å². The summed E-state index contributed by atoms with van der Waals surface area (Å²) in [5.41, 5.74) is 0.365. The smallest absolute Gasteiger partial charge is 0.391 e. The van der Waals surface area contributed by atoms with E-state index in [-0.39, 0.29) is 25.9 Å². The number of nitrogens with zero attached hydrogens (tertiary/aromatic N) is 1. The molecule has 0 unspecified atom stereocenters. The van der Waals surface area contributed by atoms with Crippen molar-refractivity contribution in [3.05, 3.63) is 23.2 Å². The van der Waals surface area contributed by atoms with Crippen molar-refractivity contribution in [2.24, 2.45) is 5.92 Å². The van der Waals surface area contributed by atoms with E-state index in [2.05, 4.69) is 5.32 Å². The van der Waals surface area contributed by atoms with Crippen LogP contribution < -0.4 is 10.1 Å². The molecule has 0 bridgehead atoms. The van der Waals surface area contributed by atoms with Crippen LogP contribution in [0.3, 0.4) is 0 Å². The number of rotatable bonds is 2. The molecule has 2 rings (SSSR count). The number of urea groups is 1. The Morgan fingerprint density at radius 1 is 1.36 bits per heavy atom. The number of benzene rings is 1. The van der Waals surface area contributed by atoms with E-state index < -0.39 is 18.1 Å². The molecule has 1 fully saturated rings. The van der Waals surface area contributed by atoms with E-state index in [4.69, 9.17) is 16.3 Å². The summed E-state index contributed by atoms with van der Waals surface area (Å²) in [6.07, 6.45) is -4.36. The number of anilines is 1. The molecule has 2 amide bonds. The molecule has 0 aliphatic carbocycles. The highest BCUT2D eigenvalue weighted by atomic mass is 35.5. The average molecular weight is 337 g/mol. The zero-order valence-corrected chi connectivity index (χ0v) is 12.7. The molecule has 1 aliphatic heterocycles. The third-order valence-corrected chi connectivity index (χ3v) is 3.99. The third-order valence-electron chi connectivity index (χ3n) is 3.66. The Balaban J connectivity index is 1.97. The molecule has 4 nitrogen and oxygen atoms in total. The van der Waals surface area contributed by atoms with E-state index in [1.807, 2.05) is 0 Å². The Hall–Kier alpha value is -1.63. The Morgan fingerprint density at radius 2 is 2.00 bits per heavy atom. The van der Waals surface area contributed by atoms with E-state index in [0.29, 0.717) is 16.5 Å². The second-order valence-corrected chi connectivity index (χ2v) is 5.49. The highest BCUT2D eigenvalue weighted by molar-refractivity contribution is 6.33. The van der Waals surface area contributed by atoms with Gasteiger partial charge in [-0.05, 0) is 25.0 Å². The van der Waals surface area contributed by atoms with Crippen LogP contribution in [0.5, 0.6) is 5.75 Å². The normalized spacial score (nSPS) is 16.5. The molecule has 0 aromatic heterocycles. The van der Waals surface area contributed by atoms with Crippen molar-refractivity contribution in [2.45, 2.75) is 19.0 Å². The molecule has 0 spiro atoms. The van der Waals surface area contributed by atoms with Crippen LogP contribution in [0.25, 0.3) is 0 Å². The molecule has 1 N–H and O–H groups in total. The van der Waals surface area contributed by atoms with Crippen LogP contribution in [0, 0.1) is 5.92 Å². The van der Waals surface area contributed by atoms with E-state index >= 15 is 0 Å². The number of ether oxygens (including phenoxy) is 1. The van der Waals surface area contributed by atoms with Crippen molar-refractivity contribution in [1.29, 1.82) is 0 Å². The van der Waals surface area contributed by atoms with E-state index in [0.717, 1.165) is 0 Å². The Kier molecular flexibility index (Phi) is 5.05. The molecular weight excluding hydrogens is 321 g/mol. The molecule has 1 aromatic rings. The predicted molar refractivity (Wildman–Crippen MR) is 77.4 cm³/mol. The van der Waals surface area contributed by atoms with Crippen LogP contribution in [-0.4, -0.2) is 37.3 Å². The maximum absolute atomic E-state index is 12.6. The Morgan fingerprint density at radius 3 is 2.55 bits per heavy atom. The number of carbonyl (C=O) groups excluding carboxylic acids is 1. The van der Waals surface area contributed by atoms with Gasteiger partial charge in [-0.1, -0.05) is 11.6 Å². The van der Waals surface area contributed by atoms with E-state index in [1.54, 1.807) is 18.2 Å². The number of amides is 2. The SMILES string of the molecule is COc1ccc(Cl)c(NC(=O)N2CCC(C(F)(F)F)CC2)c1. The van der Waals surface area contributed by atoms with Crippen molar-refractivity contribution in [3.8, 4) is 5.75 Å². The minimum atomic E-state index is -4.20. The Labute approximate surface area is 131 Å². The van der Waals surface area contributed by atoms with Gasteiger partial charge in [0.1, 0.15) is 5.75 Å². The first-order valence-electron chi connectivity index (χ1n) is 6.77. The molecule has 8 heteroatoms. The standard InChI is InChI=1S/C14H16ClF3N2O2/c1-22-10-2-3-11(15)12(8-10)19-13(21)20-6-4-9(5-7-20)14(16,17)18/h2-3,8-9H,4-7H2,1H3,(H,19,21). The molecule has 22 heavy (non-hydrogen) atoms. The first-order chi connectivity index (χ1) is 10.3. The second kappa shape index (κ2) is 6.64. The molecule has 1 aliphatic rings. The maximum Gasteiger partial charge on any atom is 0.391 e. The van der Waals surface area contributed by atoms with Gasteiger partial charge in [0.2, 0.25) is 0 Å². The lowest BCUT2D eigenvalue weighted by atomic mass is 9.96. The van der Waals surface area contributed by atoms with Gasteiger partial charge in [0.25, 0.3) is 0 Å². The van der Waals surface area contributed by atoms with Crippen LogP contribution in [0.4, 0.5) is 23.7 Å². The highest BCUT2D eigenvalue weighted by Crippen LogP contribution is 2.34. The van der Waals surface area contributed by atoms with Gasteiger partial charge in [-0.15, -0.1) is 0 Å². The number of halogens is 4. The number of methoxy groups -OCH3 is 1. The monoisotopic (exact) mass is 336 g/mol. The number of nitrogens with one attached hydrogen (secondary N) is 1. The van der Waals surface area contributed by atoms with Gasteiger partial charge < -0.3 is 15.0 Å². The van der Waals surface area contributed by atoms with Gasteiger partial charge in [0.15, 0.2) is 0 Å². The van der Waals surface area contributed by atoms with Gasteiger partial charge in [-0.2, -0.15) is 13.2 Å². The van der Waals surface area contributed by atoms with E-state index in [9.17, 15) is 18.0 Å². The van der Waals surface area contributed by atoms with Gasteiger partial charge in [0, 0.05) is 19.2 Å². The summed E-state index contributed by atoms with van der Waals surface area (Å²) in [5.74, 6) is -0.813. The lowest BCUT2D eigenvalue weighted by Gasteiger charge is -2.32. The lowest BCUT2D eigenvalue weighted by molar-refractivity contribution is -0.183. The van der Waals surface area contributed by atoms with Gasteiger partial charge >= 0.3 is 12.2 Å². The van der Waals surface area contributed by atoms with Crippen molar-refractivity contribution >= 4 is 23.3 Å². The molecule has 1 aromatic carbocycles. The molecule has 0 saturated carbocycles. The number of hydrogen-bond donors (Lipinski definition) is 1. The summed E-state index contributed by atoms with van der Waals surface area (Å²) in [4.78, 5) is 13.5. The summed E-state index contributed by atoms with van der Waals surface area (Å²) in [7, 11) is 1.48. The predicted octanol–water partition coefficient (Wildman–Crippen LogP) is 4.15. The number of hydrogen-bond acceptors (Lipinski definition) is 2. The molecular formula is C14H16ClF3N2O2. The van der Waals surface area contributed by atoms with Gasteiger partial charge in [-0.3, -0.25) is 0 Å². The van der Waals surface area contributed by atoms with Gasteiger partial charge in [0.05, 0.1) is 23.7 Å². The highest BCUT2D eigenvalue weighted by Gasteiger charge is 2.41. The van der Waals surface area contributed by atoms with Crippen LogP contribution >= 0.6 is 11.6 Å². The number of carbonyl (C=O) groups is 1. The Bertz CT molecular complexity index is 543. The summed E-state index contributed by atoms with van der Waals surface area (Å²) in [6, 6.07) is 4.32. The zero-order chi connectivity index (χ0) is 16.3. The lowest BCUT2D eigenvalue weighted by Crippen LogP contribution is -2.44. The molecule has 122 valence electrons. The van der Waals surface area contributed by atoms with Crippen LogP contribution in [0.2, 0.25) is 5.02 Å². The van der Waals surface area contributed by atoms with Crippen molar-refractivity contribution in [3.63, 3.8) is 0 Å². The van der Waals surface area contributed by atoms with Crippen LogP contribution in [-0.2, 0) is 0 Å². The third kappa shape index (κ3) is 3.97. The molecule has 0 atom stereocenters. The topological polar surface area (TPSA) is 41.6 Å². The summed E-state index contributed by atoms with van der Waals surface area (Å²) < 4.78 is 42.8. The number of likely N-dealkylation sites (tertiary alicyclic amines) is 1. The van der Waals surface area contributed by atoms with Crippen LogP contribution in [0.1, 0.15) is 12.8 Å². The quantitative estimate of drug-likeness (QED) is 0.881. The van der Waals surface area contributed by atoms with Gasteiger partial charge in [-0.25, -0.2) is 4.79 Å². The molecule has 1 heterocycles. The summed E-state index contributed by atoms with van der Waals surface area (Å²) >= 11 is 5.98. The number of alkyl halides is 3. The zero-order valence-electron chi connectivity index (χ0n) is 11.9. The maximum atomic E-state index is 12.6. The number of piperidine rings is 1. The fourth-order valence-electron chi connectivity index (χ4n) is 2.33. The first-order valence-corrected chi connectivity index (χ1v) is 7.15. The van der Waals surface area contributed by atoms with Crippen molar-refractivity contribution in [1.82, 2.24) is 4.90 Å². The van der Waals surface area contributed by atoms with Crippen LogP contribution in [0.15, 0.2) is 18.2 Å². The van der Waals surface area contributed by atoms with E-state index in [1.165, 1.54) is 12.0 Å². The first kappa shape index (κ1) is 16.7. The average Bonchev–Trinajstić information content (AvgIpc) is 2.48. The minimum absolute atomic E-state index is 0.0671. The fourth-order valence-corrected chi connectivity index (χ4v) is 2.50. The molecule has 1 saturated heterocycles. The van der Waals surface area contributed by atoms with Crippen molar-refractivity contribution < 1.29 is 22.7 Å². The summed E-state index contributed by atoms with van der Waals surface area (Å²) in [5, 5.41) is 2.93. The second-order valence-electron chi connectivity index (χ2n) is 5.08. The molecule has 0 radical (unpaired) electrons. The fraction of sp³-hybridized carbons (Fsp3) is 0.500. The largest absolute Gasteiger partial charge is 0.497 e.